The predicted molar refractivity (Wildman–Crippen MR) is 90.4 cm³/mol. The van der Waals surface area contributed by atoms with Crippen LogP contribution in [0.3, 0.4) is 0 Å². The molecular weight excluding hydrogens is 300 g/mol. The van der Waals surface area contributed by atoms with Gasteiger partial charge in [0.25, 0.3) is 0 Å². The van der Waals surface area contributed by atoms with Crippen molar-refractivity contribution < 1.29 is 4.42 Å². The van der Waals surface area contributed by atoms with Gasteiger partial charge in [0.15, 0.2) is 0 Å². The van der Waals surface area contributed by atoms with Crippen molar-refractivity contribution in [1.29, 1.82) is 0 Å². The number of furan rings is 1. The van der Waals surface area contributed by atoms with Crippen LogP contribution >= 0.6 is 23.4 Å². The molecule has 2 aromatic carbocycles. The molecule has 0 radical (unpaired) electrons. The van der Waals surface area contributed by atoms with E-state index >= 15 is 0 Å². The van der Waals surface area contributed by atoms with Crippen molar-refractivity contribution in [3.05, 3.63) is 60.4 Å². The number of hydrogen-bond acceptors (Lipinski definition) is 2. The molecule has 0 N–H and O–H groups in total. The van der Waals surface area contributed by atoms with Crippen LogP contribution in [-0.4, -0.2) is 5.88 Å². The molecule has 0 aliphatic heterocycles. The molecule has 3 heteroatoms. The van der Waals surface area contributed by atoms with E-state index in [0.29, 0.717) is 5.88 Å². The molecule has 0 spiro atoms. The lowest BCUT2D eigenvalue weighted by Crippen LogP contribution is -1.86. The number of benzene rings is 2. The van der Waals surface area contributed by atoms with Gasteiger partial charge in [-0.3, -0.25) is 0 Å². The highest BCUT2D eigenvalue weighted by Gasteiger charge is 2.14. The van der Waals surface area contributed by atoms with E-state index < -0.39 is 0 Å². The van der Waals surface area contributed by atoms with E-state index in [1.807, 2.05) is 18.2 Å². The van der Waals surface area contributed by atoms with E-state index in [4.69, 9.17) is 16.0 Å². The molecule has 1 heterocycles. The first-order chi connectivity index (χ1) is 10.4. The van der Waals surface area contributed by atoms with E-state index in [1.165, 1.54) is 15.2 Å². The molecule has 0 unspecified atom stereocenters. The number of hydrogen-bond donors (Lipinski definition) is 0. The predicted octanol–water partition coefficient (Wildman–Crippen LogP) is 6.15. The largest absolute Gasteiger partial charge is 0.460 e. The van der Waals surface area contributed by atoms with Crippen LogP contribution in [-0.2, 0) is 6.42 Å². The van der Waals surface area contributed by atoms with Gasteiger partial charge in [-0.25, -0.2) is 0 Å². The quantitative estimate of drug-likeness (QED) is 0.400. The Labute approximate surface area is 134 Å². The summed E-state index contributed by atoms with van der Waals surface area (Å²) in [6.45, 7) is 0. The molecule has 21 heavy (non-hydrogen) atoms. The Balaban J connectivity index is 1.95. The molecule has 0 aliphatic rings. The molecule has 0 saturated heterocycles. The average Bonchev–Trinajstić information content (AvgIpc) is 2.87. The molecule has 108 valence electrons. The van der Waals surface area contributed by atoms with Crippen LogP contribution < -0.4 is 0 Å². The normalized spacial score (nSPS) is 11.1. The third kappa shape index (κ3) is 3.45. The third-order valence-electron chi connectivity index (χ3n) is 3.37. The number of aryl methyl sites for hydroxylation is 1. The summed E-state index contributed by atoms with van der Waals surface area (Å²) in [5.41, 5.74) is 0.969. The summed E-state index contributed by atoms with van der Waals surface area (Å²) in [6, 6.07) is 18.7. The van der Waals surface area contributed by atoms with Gasteiger partial charge in [0.05, 0.1) is 4.90 Å². The SMILES string of the molecule is ClCCCCc1oc2ccccc2c1Sc1ccccc1. The van der Waals surface area contributed by atoms with Crippen molar-refractivity contribution in [3.8, 4) is 0 Å². The number of alkyl halides is 1. The lowest BCUT2D eigenvalue weighted by Gasteiger charge is -2.03. The summed E-state index contributed by atoms with van der Waals surface area (Å²) in [6.07, 6.45) is 3.02. The second kappa shape index (κ2) is 7.06. The van der Waals surface area contributed by atoms with Crippen LogP contribution in [0.4, 0.5) is 0 Å². The van der Waals surface area contributed by atoms with Crippen LogP contribution in [0.2, 0.25) is 0 Å². The minimum Gasteiger partial charge on any atom is -0.460 e. The van der Waals surface area contributed by atoms with Gasteiger partial charge in [0.2, 0.25) is 0 Å². The summed E-state index contributed by atoms with van der Waals surface area (Å²) < 4.78 is 6.05. The fourth-order valence-corrected chi connectivity index (χ4v) is 3.59. The molecule has 1 nitrogen and oxygen atoms in total. The minimum atomic E-state index is 0.710. The first-order valence-electron chi connectivity index (χ1n) is 7.18. The zero-order valence-corrected chi connectivity index (χ0v) is 13.3. The lowest BCUT2D eigenvalue weighted by molar-refractivity contribution is 0.526. The summed E-state index contributed by atoms with van der Waals surface area (Å²) in [5, 5.41) is 1.20. The Morgan fingerprint density at radius 1 is 0.905 bits per heavy atom. The summed E-state index contributed by atoms with van der Waals surface area (Å²) in [4.78, 5) is 2.48. The molecule has 0 atom stereocenters. The van der Waals surface area contributed by atoms with Crippen molar-refractivity contribution in [3.63, 3.8) is 0 Å². The second-order valence-electron chi connectivity index (χ2n) is 4.91. The molecule has 0 aliphatic carbocycles. The summed E-state index contributed by atoms with van der Waals surface area (Å²) in [5.74, 6) is 1.79. The smallest absolute Gasteiger partial charge is 0.135 e. The van der Waals surface area contributed by atoms with Gasteiger partial charge >= 0.3 is 0 Å². The van der Waals surface area contributed by atoms with Gasteiger partial charge in [-0.1, -0.05) is 42.1 Å². The molecule has 0 amide bonds. The van der Waals surface area contributed by atoms with E-state index in [2.05, 4.69) is 36.4 Å². The topological polar surface area (TPSA) is 13.1 Å². The van der Waals surface area contributed by atoms with E-state index in [9.17, 15) is 0 Å². The standard InChI is InChI=1S/C18H17ClOS/c19-13-7-6-12-17-18(21-14-8-2-1-3-9-14)15-10-4-5-11-16(15)20-17/h1-5,8-11H,6-7,12-13H2. The van der Waals surface area contributed by atoms with Crippen molar-refractivity contribution in [2.24, 2.45) is 0 Å². The number of unbranched alkanes of at least 4 members (excludes halogenated alkanes) is 1. The van der Waals surface area contributed by atoms with Crippen molar-refractivity contribution in [1.82, 2.24) is 0 Å². The number of rotatable bonds is 6. The van der Waals surface area contributed by atoms with Crippen molar-refractivity contribution >= 4 is 34.3 Å². The molecule has 1 aromatic heterocycles. The van der Waals surface area contributed by atoms with Crippen LogP contribution in [0.1, 0.15) is 18.6 Å². The minimum absolute atomic E-state index is 0.710. The van der Waals surface area contributed by atoms with Crippen LogP contribution in [0.5, 0.6) is 0 Å². The van der Waals surface area contributed by atoms with Crippen LogP contribution in [0.25, 0.3) is 11.0 Å². The molecule has 0 fully saturated rings. The number of halogens is 1. The summed E-state index contributed by atoms with van der Waals surface area (Å²) >= 11 is 7.56. The van der Waals surface area contributed by atoms with Crippen molar-refractivity contribution in [2.75, 3.05) is 5.88 Å². The molecule has 0 saturated carbocycles. The summed E-state index contributed by atoms with van der Waals surface area (Å²) in [7, 11) is 0. The Hall–Kier alpha value is -1.38. The molecular formula is C18H17ClOS. The molecule has 3 rings (SSSR count). The van der Waals surface area contributed by atoms with Gasteiger partial charge in [0.1, 0.15) is 11.3 Å². The Morgan fingerprint density at radius 3 is 2.48 bits per heavy atom. The fraction of sp³-hybridized carbons (Fsp3) is 0.222. The lowest BCUT2D eigenvalue weighted by atomic mass is 10.2. The number of para-hydroxylation sites is 1. The first-order valence-corrected chi connectivity index (χ1v) is 8.53. The number of fused-ring (bicyclic) bond motifs is 1. The highest BCUT2D eigenvalue weighted by molar-refractivity contribution is 7.99. The van der Waals surface area contributed by atoms with Crippen LogP contribution in [0, 0.1) is 0 Å². The van der Waals surface area contributed by atoms with E-state index in [-0.39, 0.29) is 0 Å². The maximum absolute atomic E-state index is 6.05. The zero-order chi connectivity index (χ0) is 14.5. The van der Waals surface area contributed by atoms with Crippen molar-refractivity contribution in [2.45, 2.75) is 29.1 Å². The Morgan fingerprint density at radius 2 is 1.67 bits per heavy atom. The van der Waals surface area contributed by atoms with Gasteiger partial charge < -0.3 is 4.42 Å². The first kappa shape index (κ1) is 14.6. The second-order valence-corrected chi connectivity index (χ2v) is 6.37. The molecule has 0 bridgehead atoms. The Bertz CT molecular complexity index is 706. The third-order valence-corrected chi connectivity index (χ3v) is 4.80. The van der Waals surface area contributed by atoms with Gasteiger partial charge in [-0.15, -0.1) is 11.6 Å². The maximum Gasteiger partial charge on any atom is 0.135 e. The van der Waals surface area contributed by atoms with Gasteiger partial charge in [0, 0.05) is 22.6 Å². The van der Waals surface area contributed by atoms with E-state index in [1.54, 1.807) is 11.8 Å². The van der Waals surface area contributed by atoms with Gasteiger partial charge in [-0.2, -0.15) is 0 Å². The Kier molecular flexibility index (Phi) is 4.89. The highest BCUT2D eigenvalue weighted by atomic mass is 35.5. The zero-order valence-electron chi connectivity index (χ0n) is 11.7. The average molecular weight is 317 g/mol. The monoisotopic (exact) mass is 316 g/mol. The van der Waals surface area contributed by atoms with E-state index in [0.717, 1.165) is 30.6 Å². The van der Waals surface area contributed by atoms with Crippen LogP contribution in [0.15, 0.2) is 68.8 Å². The molecule has 3 aromatic rings. The highest BCUT2D eigenvalue weighted by Crippen LogP contribution is 2.38. The van der Waals surface area contributed by atoms with Gasteiger partial charge in [-0.05, 0) is 37.1 Å². The fourth-order valence-electron chi connectivity index (χ4n) is 2.34. The maximum atomic E-state index is 6.05.